The summed E-state index contributed by atoms with van der Waals surface area (Å²) in [5.74, 6) is 1.82. The molecule has 0 N–H and O–H groups in total. The van der Waals surface area contributed by atoms with Crippen molar-refractivity contribution in [1.82, 2.24) is 10.0 Å². The van der Waals surface area contributed by atoms with E-state index in [1.54, 1.807) is 0 Å². The Kier molecular flexibility index (Phi) is 3.28. The second kappa shape index (κ2) is 4.97. The average Bonchev–Trinajstić information content (AvgIpc) is 3.11. The topological polar surface area (TPSA) is 23.6 Å². The number of rotatable bonds is 3. The molecule has 2 saturated carbocycles. The molecule has 1 heterocycles. The van der Waals surface area contributed by atoms with E-state index in [1.165, 1.54) is 25.7 Å². The van der Waals surface area contributed by atoms with Crippen LogP contribution in [-0.4, -0.2) is 27.5 Å². The molecule has 22 heavy (non-hydrogen) atoms. The van der Waals surface area contributed by atoms with Gasteiger partial charge in [0.05, 0.1) is 6.04 Å². The molecular weight excluding hydrogens is 296 g/mol. The minimum absolute atomic E-state index is 0.275. The van der Waals surface area contributed by atoms with Gasteiger partial charge in [0, 0.05) is 11.6 Å². The molecule has 4 rings (SSSR count). The Morgan fingerprint density at radius 1 is 1.23 bits per heavy atom. The molecule has 118 valence electrons. The van der Waals surface area contributed by atoms with Crippen molar-refractivity contribution in [1.29, 1.82) is 0 Å². The van der Waals surface area contributed by atoms with Gasteiger partial charge >= 0.3 is 0 Å². The zero-order valence-electron chi connectivity index (χ0n) is 13.3. The summed E-state index contributed by atoms with van der Waals surface area (Å²) in [4.78, 5) is 12.7. The molecule has 0 spiro atoms. The van der Waals surface area contributed by atoms with Crippen LogP contribution < -0.4 is 0 Å². The van der Waals surface area contributed by atoms with Crippen LogP contribution in [0, 0.1) is 11.8 Å². The number of halogens is 1. The predicted octanol–water partition coefficient (Wildman–Crippen LogP) is 3.87. The van der Waals surface area contributed by atoms with E-state index in [0.29, 0.717) is 18.5 Å². The van der Waals surface area contributed by atoms with Crippen molar-refractivity contribution in [2.24, 2.45) is 11.8 Å². The van der Waals surface area contributed by atoms with Crippen LogP contribution in [0.4, 0.5) is 0 Å². The minimum Gasteiger partial charge on any atom is -0.271 e. The third-order valence-electron chi connectivity index (χ3n) is 5.93. The number of carbonyl (C=O) groups excluding carboxylic acids is 1. The molecule has 1 aromatic rings. The van der Waals surface area contributed by atoms with Crippen LogP contribution in [0.2, 0.25) is 5.02 Å². The summed E-state index contributed by atoms with van der Waals surface area (Å²) < 4.78 is 0. The second-order valence-corrected chi connectivity index (χ2v) is 8.01. The lowest BCUT2D eigenvalue weighted by Gasteiger charge is -2.59. The van der Waals surface area contributed by atoms with Crippen molar-refractivity contribution in [2.75, 3.05) is 0 Å². The van der Waals surface area contributed by atoms with Gasteiger partial charge in [-0.15, -0.1) is 0 Å². The molecule has 1 aliphatic heterocycles. The largest absolute Gasteiger partial charge is 0.271 e. The van der Waals surface area contributed by atoms with Gasteiger partial charge in [-0.3, -0.25) is 9.80 Å². The molecule has 1 amide bonds. The Labute approximate surface area is 137 Å². The molecule has 1 saturated heterocycles. The standard InChI is InChI=1S/C18H23ClN2O/c1-18(2)17(22)21(16-10-12-7-8-13(16)9-12)20(18)11-14-5-3-4-6-15(14)19/h3-6,12-13,16H,7-11H2,1-2H3. The first kappa shape index (κ1) is 14.5. The first-order valence-electron chi connectivity index (χ1n) is 8.33. The quantitative estimate of drug-likeness (QED) is 0.844. The summed E-state index contributed by atoms with van der Waals surface area (Å²) >= 11 is 6.32. The number of hydrazine groups is 1. The Balaban J connectivity index is 1.58. The summed E-state index contributed by atoms with van der Waals surface area (Å²) in [7, 11) is 0. The van der Waals surface area contributed by atoms with Crippen LogP contribution in [0.1, 0.15) is 45.1 Å². The van der Waals surface area contributed by atoms with Crippen molar-refractivity contribution < 1.29 is 4.79 Å². The number of hydrogen-bond acceptors (Lipinski definition) is 2. The van der Waals surface area contributed by atoms with Crippen LogP contribution >= 0.6 is 11.6 Å². The number of nitrogens with zero attached hydrogens (tertiary/aromatic N) is 2. The maximum absolute atomic E-state index is 12.7. The van der Waals surface area contributed by atoms with Crippen LogP contribution in [0.25, 0.3) is 0 Å². The van der Waals surface area contributed by atoms with Gasteiger partial charge in [0.1, 0.15) is 5.54 Å². The first-order valence-corrected chi connectivity index (χ1v) is 8.71. The molecular formula is C18H23ClN2O. The smallest absolute Gasteiger partial charge is 0.258 e. The third-order valence-corrected chi connectivity index (χ3v) is 6.30. The number of carbonyl (C=O) groups is 1. The van der Waals surface area contributed by atoms with Gasteiger partial charge in [0.25, 0.3) is 5.91 Å². The molecule has 1 aromatic carbocycles. The van der Waals surface area contributed by atoms with E-state index in [1.807, 2.05) is 32.0 Å². The highest BCUT2D eigenvalue weighted by Gasteiger charge is 2.58. The van der Waals surface area contributed by atoms with E-state index < -0.39 is 5.54 Å². The van der Waals surface area contributed by atoms with E-state index >= 15 is 0 Å². The first-order chi connectivity index (χ1) is 10.5. The van der Waals surface area contributed by atoms with E-state index in [9.17, 15) is 4.79 Å². The maximum Gasteiger partial charge on any atom is 0.258 e. The van der Waals surface area contributed by atoms with E-state index in [0.717, 1.165) is 16.5 Å². The molecule has 3 fully saturated rings. The molecule has 4 heteroatoms. The fraction of sp³-hybridized carbons (Fsp3) is 0.611. The molecule has 2 aliphatic carbocycles. The van der Waals surface area contributed by atoms with E-state index in [2.05, 4.69) is 16.1 Å². The van der Waals surface area contributed by atoms with Gasteiger partial charge in [-0.05, 0) is 56.6 Å². The fourth-order valence-corrected chi connectivity index (χ4v) is 4.82. The van der Waals surface area contributed by atoms with Crippen molar-refractivity contribution in [2.45, 2.75) is 57.7 Å². The van der Waals surface area contributed by atoms with E-state index in [4.69, 9.17) is 11.6 Å². The molecule has 3 aliphatic rings. The normalized spacial score (nSPS) is 33.3. The lowest BCUT2D eigenvalue weighted by molar-refractivity contribution is -0.233. The van der Waals surface area contributed by atoms with Crippen LogP contribution in [0.5, 0.6) is 0 Å². The molecule has 3 nitrogen and oxygen atoms in total. The average molecular weight is 319 g/mol. The Bertz CT molecular complexity index is 615. The van der Waals surface area contributed by atoms with Crippen molar-refractivity contribution in [3.63, 3.8) is 0 Å². The number of benzene rings is 1. The molecule has 0 aromatic heterocycles. The summed E-state index contributed by atoms with van der Waals surface area (Å²) in [6, 6.07) is 8.36. The summed E-state index contributed by atoms with van der Waals surface area (Å²) in [5.41, 5.74) is 0.680. The highest BCUT2D eigenvalue weighted by Crippen LogP contribution is 2.50. The Morgan fingerprint density at radius 2 is 2.00 bits per heavy atom. The Hall–Kier alpha value is -1.06. The minimum atomic E-state index is -0.416. The maximum atomic E-state index is 12.7. The van der Waals surface area contributed by atoms with Crippen molar-refractivity contribution >= 4 is 17.5 Å². The summed E-state index contributed by atoms with van der Waals surface area (Å²) in [6.07, 6.45) is 5.15. The van der Waals surface area contributed by atoms with Crippen LogP contribution in [0.3, 0.4) is 0 Å². The lowest BCUT2D eigenvalue weighted by Crippen LogP contribution is -2.76. The van der Waals surface area contributed by atoms with Gasteiger partial charge in [-0.25, -0.2) is 0 Å². The number of amides is 1. The third kappa shape index (κ3) is 2.02. The molecule has 0 radical (unpaired) electrons. The number of hydrogen-bond donors (Lipinski definition) is 0. The van der Waals surface area contributed by atoms with Gasteiger partial charge in [-0.1, -0.05) is 36.2 Å². The van der Waals surface area contributed by atoms with Gasteiger partial charge in [-0.2, -0.15) is 5.01 Å². The second-order valence-electron chi connectivity index (χ2n) is 7.60. The molecule has 3 unspecified atom stereocenters. The van der Waals surface area contributed by atoms with Crippen LogP contribution in [0.15, 0.2) is 24.3 Å². The number of fused-ring (bicyclic) bond motifs is 2. The zero-order valence-corrected chi connectivity index (χ0v) is 14.0. The summed E-state index contributed by atoms with van der Waals surface area (Å²) in [5, 5.41) is 5.08. The van der Waals surface area contributed by atoms with Crippen molar-refractivity contribution in [3.05, 3.63) is 34.9 Å². The van der Waals surface area contributed by atoms with Gasteiger partial charge in [0.2, 0.25) is 0 Å². The molecule has 2 bridgehead atoms. The molecule has 3 atom stereocenters. The zero-order chi connectivity index (χ0) is 15.5. The highest BCUT2D eigenvalue weighted by molar-refractivity contribution is 6.31. The predicted molar refractivity (Wildman–Crippen MR) is 87.2 cm³/mol. The van der Waals surface area contributed by atoms with Crippen LogP contribution in [-0.2, 0) is 11.3 Å². The van der Waals surface area contributed by atoms with E-state index in [-0.39, 0.29) is 5.91 Å². The fourth-order valence-electron chi connectivity index (χ4n) is 4.63. The highest BCUT2D eigenvalue weighted by atomic mass is 35.5. The van der Waals surface area contributed by atoms with Gasteiger partial charge < -0.3 is 0 Å². The monoisotopic (exact) mass is 318 g/mol. The summed E-state index contributed by atoms with van der Waals surface area (Å²) in [6.45, 7) is 4.76. The van der Waals surface area contributed by atoms with Gasteiger partial charge in [0.15, 0.2) is 0 Å². The SMILES string of the molecule is CC1(C)C(=O)N(C2CC3CCC2C3)N1Cc1ccccc1Cl. The Morgan fingerprint density at radius 3 is 2.64 bits per heavy atom. The lowest BCUT2D eigenvalue weighted by atomic mass is 9.89. The van der Waals surface area contributed by atoms with Crippen molar-refractivity contribution in [3.8, 4) is 0 Å².